The molecule has 5 nitrogen and oxygen atoms in total. The molecule has 6 heteroatoms. The number of thioether (sulfide) groups is 1. The first-order valence-corrected chi connectivity index (χ1v) is 7.26. The summed E-state index contributed by atoms with van der Waals surface area (Å²) in [5.41, 5.74) is 6.77. The van der Waals surface area contributed by atoms with Crippen LogP contribution in [0.1, 0.15) is 24.8 Å². The molecule has 1 atom stereocenters. The number of carbonyl (C=O) groups excluding carboxylic acids is 1. The molecule has 4 N–H and O–H groups in total. The standard InChI is InChI=1S/C13H17N3O2S/c14-12(16-18)9-4-3-5-10(8-9)15-13(17)11-6-1-2-7-19-11/h3-5,8,11,18H,1-2,6-7H2,(H2,14,16)(H,15,17). The largest absolute Gasteiger partial charge is 0.409 e. The van der Waals surface area contributed by atoms with E-state index < -0.39 is 0 Å². The molecule has 19 heavy (non-hydrogen) atoms. The van der Waals surface area contributed by atoms with Crippen LogP contribution >= 0.6 is 11.8 Å². The van der Waals surface area contributed by atoms with Crippen molar-refractivity contribution in [3.8, 4) is 0 Å². The van der Waals surface area contributed by atoms with E-state index in [0.29, 0.717) is 11.3 Å². The van der Waals surface area contributed by atoms with Gasteiger partial charge in [0.15, 0.2) is 5.84 Å². The zero-order chi connectivity index (χ0) is 13.7. The molecule has 1 aliphatic rings. The van der Waals surface area contributed by atoms with E-state index in [1.165, 1.54) is 6.42 Å². The highest BCUT2D eigenvalue weighted by Gasteiger charge is 2.21. The van der Waals surface area contributed by atoms with E-state index in [0.717, 1.165) is 18.6 Å². The number of oxime groups is 1. The van der Waals surface area contributed by atoms with Crippen LogP contribution in [0.15, 0.2) is 29.4 Å². The van der Waals surface area contributed by atoms with Gasteiger partial charge in [-0.2, -0.15) is 0 Å². The van der Waals surface area contributed by atoms with Crippen molar-refractivity contribution in [2.24, 2.45) is 10.9 Å². The quantitative estimate of drug-likeness (QED) is 0.342. The van der Waals surface area contributed by atoms with Crippen molar-refractivity contribution >= 4 is 29.2 Å². The molecule has 1 aliphatic heterocycles. The summed E-state index contributed by atoms with van der Waals surface area (Å²) in [6.07, 6.45) is 3.22. The molecule has 0 spiro atoms. The minimum absolute atomic E-state index is 0.0289. The number of carbonyl (C=O) groups is 1. The Morgan fingerprint density at radius 1 is 1.47 bits per heavy atom. The predicted octanol–water partition coefficient (Wildman–Crippen LogP) is 2.01. The van der Waals surface area contributed by atoms with Crippen molar-refractivity contribution in [3.63, 3.8) is 0 Å². The summed E-state index contributed by atoms with van der Waals surface area (Å²) in [4.78, 5) is 12.1. The molecule has 1 unspecified atom stereocenters. The summed E-state index contributed by atoms with van der Waals surface area (Å²) in [5, 5.41) is 14.5. The van der Waals surface area contributed by atoms with Crippen LogP contribution in [0.25, 0.3) is 0 Å². The predicted molar refractivity (Wildman–Crippen MR) is 77.7 cm³/mol. The molecule has 2 rings (SSSR count). The Labute approximate surface area is 116 Å². The Kier molecular flexibility index (Phi) is 4.68. The molecule has 1 aromatic rings. The first-order chi connectivity index (χ1) is 9.20. The van der Waals surface area contributed by atoms with Crippen LogP contribution in [0.3, 0.4) is 0 Å². The van der Waals surface area contributed by atoms with Crippen molar-refractivity contribution in [2.45, 2.75) is 24.5 Å². The van der Waals surface area contributed by atoms with Gasteiger partial charge in [-0.3, -0.25) is 4.79 Å². The summed E-state index contributed by atoms with van der Waals surface area (Å²) < 4.78 is 0. The lowest BCUT2D eigenvalue weighted by molar-refractivity contribution is -0.115. The third-order valence-electron chi connectivity index (χ3n) is 3.01. The van der Waals surface area contributed by atoms with Crippen LogP contribution in [0.2, 0.25) is 0 Å². The highest BCUT2D eigenvalue weighted by Crippen LogP contribution is 2.26. The van der Waals surface area contributed by atoms with E-state index in [-0.39, 0.29) is 17.0 Å². The van der Waals surface area contributed by atoms with E-state index >= 15 is 0 Å². The van der Waals surface area contributed by atoms with Gasteiger partial charge in [-0.1, -0.05) is 23.7 Å². The van der Waals surface area contributed by atoms with Crippen LogP contribution in [0.5, 0.6) is 0 Å². The highest BCUT2D eigenvalue weighted by atomic mass is 32.2. The van der Waals surface area contributed by atoms with Crippen LogP contribution in [-0.2, 0) is 4.79 Å². The van der Waals surface area contributed by atoms with Gasteiger partial charge in [-0.15, -0.1) is 11.8 Å². The maximum Gasteiger partial charge on any atom is 0.237 e. The normalized spacial score (nSPS) is 20.0. The summed E-state index contributed by atoms with van der Waals surface area (Å²) >= 11 is 1.71. The molecule has 0 radical (unpaired) electrons. The van der Waals surface area contributed by atoms with E-state index in [4.69, 9.17) is 10.9 Å². The number of amides is 1. The van der Waals surface area contributed by atoms with Crippen LogP contribution in [0, 0.1) is 0 Å². The third-order valence-corrected chi connectivity index (χ3v) is 4.38. The summed E-state index contributed by atoms with van der Waals surface area (Å²) in [5.74, 6) is 1.10. The molecule has 1 fully saturated rings. The first kappa shape index (κ1) is 13.7. The zero-order valence-corrected chi connectivity index (χ0v) is 11.3. The lowest BCUT2D eigenvalue weighted by atomic mass is 10.1. The first-order valence-electron chi connectivity index (χ1n) is 6.21. The van der Waals surface area contributed by atoms with Crippen molar-refractivity contribution < 1.29 is 10.0 Å². The second kappa shape index (κ2) is 6.47. The van der Waals surface area contributed by atoms with Crippen molar-refractivity contribution in [2.75, 3.05) is 11.1 Å². The molecule has 0 aromatic heterocycles. The highest BCUT2D eigenvalue weighted by molar-refractivity contribution is 8.00. The lowest BCUT2D eigenvalue weighted by Crippen LogP contribution is -2.27. The van der Waals surface area contributed by atoms with E-state index in [1.54, 1.807) is 36.0 Å². The maximum absolute atomic E-state index is 12.1. The molecule has 1 saturated heterocycles. The number of anilines is 1. The van der Waals surface area contributed by atoms with Gasteiger partial charge in [-0.05, 0) is 30.7 Å². The average molecular weight is 279 g/mol. The molecular formula is C13H17N3O2S. The number of amidine groups is 1. The van der Waals surface area contributed by atoms with Crippen molar-refractivity contribution in [3.05, 3.63) is 29.8 Å². The number of nitrogens with zero attached hydrogens (tertiary/aromatic N) is 1. The Hall–Kier alpha value is -1.69. The number of hydrogen-bond acceptors (Lipinski definition) is 4. The molecule has 0 bridgehead atoms. The van der Waals surface area contributed by atoms with E-state index in [1.807, 2.05) is 0 Å². The second-order valence-electron chi connectivity index (χ2n) is 4.41. The number of nitrogens with one attached hydrogen (secondary N) is 1. The van der Waals surface area contributed by atoms with Gasteiger partial charge in [0.05, 0.1) is 5.25 Å². The Bertz CT molecular complexity index is 485. The monoisotopic (exact) mass is 279 g/mol. The summed E-state index contributed by atoms with van der Waals surface area (Å²) in [6, 6.07) is 6.97. The third kappa shape index (κ3) is 3.64. The van der Waals surface area contributed by atoms with Gasteiger partial charge >= 0.3 is 0 Å². The molecule has 0 aliphatic carbocycles. The second-order valence-corrected chi connectivity index (χ2v) is 5.72. The van der Waals surface area contributed by atoms with Gasteiger partial charge in [0.1, 0.15) is 0 Å². The molecular weight excluding hydrogens is 262 g/mol. The Morgan fingerprint density at radius 2 is 2.32 bits per heavy atom. The number of nitrogens with two attached hydrogens (primary N) is 1. The van der Waals surface area contributed by atoms with Crippen LogP contribution in [0.4, 0.5) is 5.69 Å². The maximum atomic E-state index is 12.1. The molecule has 102 valence electrons. The Balaban J connectivity index is 2.04. The smallest absolute Gasteiger partial charge is 0.237 e. The van der Waals surface area contributed by atoms with Crippen LogP contribution in [-0.4, -0.2) is 28.0 Å². The number of benzene rings is 1. The summed E-state index contributed by atoms with van der Waals surface area (Å²) in [6.45, 7) is 0. The molecule has 1 aromatic carbocycles. The fourth-order valence-corrected chi connectivity index (χ4v) is 3.18. The van der Waals surface area contributed by atoms with E-state index in [2.05, 4.69) is 10.5 Å². The topological polar surface area (TPSA) is 87.7 Å². The van der Waals surface area contributed by atoms with Gasteiger partial charge in [0.2, 0.25) is 5.91 Å². The number of rotatable bonds is 3. The minimum Gasteiger partial charge on any atom is -0.409 e. The van der Waals surface area contributed by atoms with Gasteiger partial charge in [-0.25, -0.2) is 0 Å². The Morgan fingerprint density at radius 3 is 3.00 bits per heavy atom. The SMILES string of the molecule is N/C(=N/O)c1cccc(NC(=O)C2CCCCS2)c1. The average Bonchev–Trinajstić information content (AvgIpc) is 2.47. The van der Waals surface area contributed by atoms with Gasteiger partial charge in [0.25, 0.3) is 0 Å². The molecule has 1 heterocycles. The summed E-state index contributed by atoms with van der Waals surface area (Å²) in [7, 11) is 0. The molecule has 0 saturated carbocycles. The van der Waals surface area contributed by atoms with Crippen molar-refractivity contribution in [1.29, 1.82) is 0 Å². The van der Waals surface area contributed by atoms with Crippen LogP contribution < -0.4 is 11.1 Å². The van der Waals surface area contributed by atoms with E-state index in [9.17, 15) is 4.79 Å². The minimum atomic E-state index is 0.0289. The molecule has 1 amide bonds. The van der Waals surface area contributed by atoms with Crippen molar-refractivity contribution in [1.82, 2.24) is 0 Å². The van der Waals surface area contributed by atoms with Gasteiger partial charge < -0.3 is 16.3 Å². The zero-order valence-electron chi connectivity index (χ0n) is 10.5. The number of hydrogen-bond donors (Lipinski definition) is 3. The fourth-order valence-electron chi connectivity index (χ4n) is 1.98. The lowest BCUT2D eigenvalue weighted by Gasteiger charge is -2.20. The van der Waals surface area contributed by atoms with Gasteiger partial charge in [0, 0.05) is 11.3 Å². The fraction of sp³-hybridized carbons (Fsp3) is 0.385.